The molecule has 2 N–H and O–H groups in total. The number of ether oxygens (including phenoxy) is 1. The number of nitrogens with two attached hydrogens (primary N) is 1. The number of rotatable bonds is 3. The number of fused-ring (bicyclic) bond motifs is 1. The van der Waals surface area contributed by atoms with Gasteiger partial charge in [-0.25, -0.2) is 0 Å². The molecule has 0 amide bonds. The quantitative estimate of drug-likeness (QED) is 0.870. The number of benzene rings is 2. The Morgan fingerprint density at radius 2 is 2.10 bits per heavy atom. The molecule has 0 aromatic heterocycles. The summed E-state index contributed by atoms with van der Waals surface area (Å²) in [6.07, 6.45) is 1.18. The maximum absolute atomic E-state index is 6.01. The van der Waals surface area contributed by atoms with Gasteiger partial charge < -0.3 is 15.4 Å². The van der Waals surface area contributed by atoms with Crippen molar-refractivity contribution in [2.75, 3.05) is 24.2 Å². The van der Waals surface area contributed by atoms with E-state index in [1.54, 1.807) is 0 Å². The van der Waals surface area contributed by atoms with Crippen molar-refractivity contribution in [1.29, 1.82) is 0 Å². The van der Waals surface area contributed by atoms with Gasteiger partial charge in [-0.3, -0.25) is 0 Å². The van der Waals surface area contributed by atoms with Gasteiger partial charge in [0.2, 0.25) is 0 Å². The van der Waals surface area contributed by atoms with Crippen LogP contribution in [-0.4, -0.2) is 19.7 Å². The first-order chi connectivity index (χ1) is 9.61. The third-order valence-electron chi connectivity index (χ3n) is 3.75. The van der Waals surface area contributed by atoms with Crippen LogP contribution in [0.1, 0.15) is 11.1 Å². The largest absolute Gasteiger partial charge is 0.488 e. The molecule has 20 heavy (non-hydrogen) atoms. The Kier molecular flexibility index (Phi) is 3.26. The second kappa shape index (κ2) is 5.08. The van der Waals surface area contributed by atoms with Crippen LogP contribution in [0.3, 0.4) is 0 Å². The highest BCUT2D eigenvalue weighted by Crippen LogP contribution is 2.30. The Labute approximate surface area is 120 Å². The fourth-order valence-corrected chi connectivity index (χ4v) is 2.72. The van der Waals surface area contributed by atoms with Crippen molar-refractivity contribution in [2.24, 2.45) is 0 Å². The summed E-state index contributed by atoms with van der Waals surface area (Å²) < 4.78 is 6.01. The first kappa shape index (κ1) is 12.9. The molecule has 0 fully saturated rings. The lowest BCUT2D eigenvalue weighted by atomic mass is 10.1. The molecule has 3 nitrogen and oxygen atoms in total. The monoisotopic (exact) mass is 268 g/mol. The molecule has 0 spiro atoms. The van der Waals surface area contributed by atoms with Gasteiger partial charge in [0.05, 0.1) is 6.54 Å². The SMILES string of the molecule is Cc1ccc2c(c1)CC(CN(C)c1cccc(N)c1)O2. The highest BCUT2D eigenvalue weighted by molar-refractivity contribution is 5.55. The van der Waals surface area contributed by atoms with Gasteiger partial charge in [0, 0.05) is 24.8 Å². The van der Waals surface area contributed by atoms with Gasteiger partial charge in [-0.1, -0.05) is 23.8 Å². The topological polar surface area (TPSA) is 38.5 Å². The molecule has 0 saturated heterocycles. The standard InChI is InChI=1S/C17H20N2O/c1-12-6-7-17-13(8-12)9-16(20-17)11-19(2)15-5-3-4-14(18)10-15/h3-8,10,16H,9,11,18H2,1-2H3. The summed E-state index contributed by atoms with van der Waals surface area (Å²) in [6, 6.07) is 14.3. The summed E-state index contributed by atoms with van der Waals surface area (Å²) in [5.41, 5.74) is 10.4. The van der Waals surface area contributed by atoms with Crippen molar-refractivity contribution >= 4 is 11.4 Å². The van der Waals surface area contributed by atoms with Crippen LogP contribution in [0.2, 0.25) is 0 Å². The average molecular weight is 268 g/mol. The minimum atomic E-state index is 0.207. The molecule has 2 aromatic rings. The van der Waals surface area contributed by atoms with Crippen molar-refractivity contribution in [3.63, 3.8) is 0 Å². The summed E-state index contributed by atoms with van der Waals surface area (Å²) in [7, 11) is 2.08. The van der Waals surface area contributed by atoms with Gasteiger partial charge in [-0.15, -0.1) is 0 Å². The molecule has 0 bridgehead atoms. The minimum Gasteiger partial charge on any atom is -0.488 e. The first-order valence-electron chi connectivity index (χ1n) is 6.95. The number of aryl methyl sites for hydroxylation is 1. The second-order valence-corrected chi connectivity index (χ2v) is 5.53. The number of nitrogens with zero attached hydrogens (tertiary/aromatic N) is 1. The van der Waals surface area contributed by atoms with Gasteiger partial charge in [0.15, 0.2) is 0 Å². The number of hydrogen-bond acceptors (Lipinski definition) is 3. The lowest BCUT2D eigenvalue weighted by molar-refractivity contribution is 0.239. The average Bonchev–Trinajstić information content (AvgIpc) is 2.80. The Morgan fingerprint density at radius 1 is 1.25 bits per heavy atom. The fraction of sp³-hybridized carbons (Fsp3) is 0.294. The van der Waals surface area contributed by atoms with E-state index in [4.69, 9.17) is 10.5 Å². The molecule has 2 aromatic carbocycles. The van der Waals surface area contributed by atoms with Gasteiger partial charge in [-0.05, 0) is 36.8 Å². The van der Waals surface area contributed by atoms with Crippen LogP contribution in [0.15, 0.2) is 42.5 Å². The third kappa shape index (κ3) is 2.57. The minimum absolute atomic E-state index is 0.207. The Bertz CT molecular complexity index is 624. The molecular formula is C17H20N2O. The maximum Gasteiger partial charge on any atom is 0.123 e. The number of likely N-dealkylation sites (N-methyl/N-ethyl adjacent to an activating group) is 1. The van der Waals surface area contributed by atoms with Gasteiger partial charge in [-0.2, -0.15) is 0 Å². The van der Waals surface area contributed by atoms with Crippen molar-refractivity contribution in [3.8, 4) is 5.75 Å². The number of anilines is 2. The Balaban J connectivity index is 1.68. The zero-order chi connectivity index (χ0) is 14.1. The summed E-state index contributed by atoms with van der Waals surface area (Å²) in [5.74, 6) is 1.03. The summed E-state index contributed by atoms with van der Waals surface area (Å²) in [5, 5.41) is 0. The van der Waals surface area contributed by atoms with E-state index in [0.29, 0.717) is 0 Å². The summed E-state index contributed by atoms with van der Waals surface area (Å²) >= 11 is 0. The predicted octanol–water partition coefficient (Wildman–Crippen LogP) is 3.02. The first-order valence-corrected chi connectivity index (χ1v) is 6.95. The molecule has 1 aliphatic rings. The molecule has 1 aliphatic heterocycles. The summed E-state index contributed by atoms with van der Waals surface area (Å²) in [4.78, 5) is 2.19. The molecule has 0 aliphatic carbocycles. The normalized spacial score (nSPS) is 16.6. The van der Waals surface area contributed by atoms with Crippen LogP contribution in [0, 0.1) is 6.92 Å². The zero-order valence-electron chi connectivity index (χ0n) is 12.0. The van der Waals surface area contributed by atoms with E-state index in [9.17, 15) is 0 Å². The van der Waals surface area contributed by atoms with Crippen molar-refractivity contribution in [1.82, 2.24) is 0 Å². The smallest absolute Gasteiger partial charge is 0.123 e. The van der Waals surface area contributed by atoms with Gasteiger partial charge >= 0.3 is 0 Å². The highest BCUT2D eigenvalue weighted by Gasteiger charge is 2.24. The van der Waals surface area contributed by atoms with Gasteiger partial charge in [0.1, 0.15) is 11.9 Å². The van der Waals surface area contributed by atoms with Gasteiger partial charge in [0.25, 0.3) is 0 Å². The molecular weight excluding hydrogens is 248 g/mol. The van der Waals surface area contributed by atoms with Crippen molar-refractivity contribution in [2.45, 2.75) is 19.4 Å². The van der Waals surface area contributed by atoms with E-state index < -0.39 is 0 Å². The van der Waals surface area contributed by atoms with E-state index in [1.807, 2.05) is 18.2 Å². The van der Waals surface area contributed by atoms with E-state index in [-0.39, 0.29) is 6.10 Å². The number of nitrogen functional groups attached to an aromatic ring is 1. The molecule has 104 valence electrons. The van der Waals surface area contributed by atoms with E-state index in [0.717, 1.165) is 30.1 Å². The van der Waals surface area contributed by atoms with E-state index in [2.05, 4.69) is 43.1 Å². The maximum atomic E-state index is 6.01. The van der Waals surface area contributed by atoms with Crippen molar-refractivity contribution < 1.29 is 4.74 Å². The Morgan fingerprint density at radius 3 is 2.90 bits per heavy atom. The lowest BCUT2D eigenvalue weighted by Crippen LogP contribution is -2.31. The Hall–Kier alpha value is -2.16. The highest BCUT2D eigenvalue weighted by atomic mass is 16.5. The van der Waals surface area contributed by atoms with Crippen LogP contribution in [-0.2, 0) is 6.42 Å². The summed E-state index contributed by atoms with van der Waals surface area (Å²) in [6.45, 7) is 2.98. The second-order valence-electron chi connectivity index (χ2n) is 5.53. The predicted molar refractivity (Wildman–Crippen MR) is 83.4 cm³/mol. The number of hydrogen-bond donors (Lipinski definition) is 1. The zero-order valence-corrected chi connectivity index (χ0v) is 12.0. The van der Waals surface area contributed by atoms with Crippen LogP contribution in [0.4, 0.5) is 11.4 Å². The fourth-order valence-electron chi connectivity index (χ4n) is 2.72. The van der Waals surface area contributed by atoms with E-state index in [1.165, 1.54) is 11.1 Å². The molecule has 1 atom stereocenters. The van der Waals surface area contributed by atoms with Crippen LogP contribution in [0.25, 0.3) is 0 Å². The van der Waals surface area contributed by atoms with Crippen LogP contribution in [0.5, 0.6) is 5.75 Å². The van der Waals surface area contributed by atoms with Crippen molar-refractivity contribution in [3.05, 3.63) is 53.6 Å². The van der Waals surface area contributed by atoms with Crippen LogP contribution < -0.4 is 15.4 Å². The van der Waals surface area contributed by atoms with Crippen LogP contribution >= 0.6 is 0 Å². The molecule has 0 radical (unpaired) electrons. The van der Waals surface area contributed by atoms with E-state index >= 15 is 0 Å². The molecule has 0 saturated carbocycles. The molecule has 1 unspecified atom stereocenters. The molecule has 3 heteroatoms. The third-order valence-corrected chi connectivity index (χ3v) is 3.75. The lowest BCUT2D eigenvalue weighted by Gasteiger charge is -2.23. The molecule has 3 rings (SSSR count). The molecule has 1 heterocycles.